The van der Waals surface area contributed by atoms with Crippen molar-refractivity contribution in [3.63, 3.8) is 0 Å². The van der Waals surface area contributed by atoms with Gasteiger partial charge in [-0.1, -0.05) is 35.3 Å². The number of fused-ring (bicyclic) bond motifs is 4. The lowest BCUT2D eigenvalue weighted by Crippen LogP contribution is -2.41. The third kappa shape index (κ3) is 5.22. The number of nitriles is 1. The maximum atomic E-state index is 17.1. The van der Waals surface area contributed by atoms with E-state index in [2.05, 4.69) is 30.8 Å². The summed E-state index contributed by atoms with van der Waals surface area (Å²) in [4.78, 5) is 20.8. The lowest BCUT2D eigenvalue weighted by Gasteiger charge is -2.39. The Kier molecular flexibility index (Phi) is 8.09. The number of hydrogen-bond acceptors (Lipinski definition) is 8. The number of rotatable bonds is 9. The smallest absolute Gasteiger partial charge is 0.226 e. The molecule has 0 unspecified atom stereocenters. The summed E-state index contributed by atoms with van der Waals surface area (Å²) < 4.78 is 34.3. The molecule has 3 saturated heterocycles. The second-order valence-electron chi connectivity index (χ2n) is 14.1. The number of hydrogen-bond donors (Lipinski definition) is 1. The molecule has 1 amide bonds. The van der Waals surface area contributed by atoms with Gasteiger partial charge in [-0.3, -0.25) is 4.79 Å². The highest BCUT2D eigenvalue weighted by Gasteiger charge is 2.51. The van der Waals surface area contributed by atoms with Crippen LogP contribution in [0.4, 0.5) is 4.39 Å². The Labute approximate surface area is 302 Å². The van der Waals surface area contributed by atoms with Crippen LogP contribution >= 0.6 is 34.9 Å². The van der Waals surface area contributed by atoms with Gasteiger partial charge in [-0.25, -0.2) is 9.37 Å². The molecule has 2 saturated carbocycles. The zero-order valence-corrected chi connectivity index (χ0v) is 29.7. The largest absolute Gasteiger partial charge is 0.370 e. The quantitative estimate of drug-likeness (QED) is 0.166. The number of carbonyl (C=O) groups is 1. The summed E-state index contributed by atoms with van der Waals surface area (Å²) in [5.41, 5.74) is 5.17. The SMILES string of the molecule is Cc1nc2c(F)c(-c3cccc(Cl)c3Cl)c(CCC#N)cc2c2c1cc([C@H]1C[C@H](OCc3cnsn3)CN1C(=O)C1CC1)n2[C@H]1[C@H]2CN[C@@H]1C2. The zero-order valence-electron chi connectivity index (χ0n) is 27.3. The number of ether oxygens (including phenoxy) is 1. The molecule has 5 atom stereocenters. The Morgan fingerprint density at radius 3 is 2.80 bits per heavy atom. The highest BCUT2D eigenvalue weighted by molar-refractivity contribution is 6.99. The summed E-state index contributed by atoms with van der Waals surface area (Å²) >= 11 is 14.2. The van der Waals surface area contributed by atoms with Crippen molar-refractivity contribution in [1.82, 2.24) is 28.5 Å². The number of benzene rings is 2. The first kappa shape index (κ1) is 32.3. The van der Waals surface area contributed by atoms with Crippen LogP contribution in [-0.2, 0) is 22.6 Å². The molecular weight excluding hydrogens is 696 g/mol. The van der Waals surface area contributed by atoms with Crippen LogP contribution in [-0.4, -0.2) is 54.3 Å². The molecule has 0 radical (unpaired) electrons. The Morgan fingerprint density at radius 2 is 2.08 bits per heavy atom. The average molecular weight is 731 g/mol. The summed E-state index contributed by atoms with van der Waals surface area (Å²) in [6, 6.07) is 11.8. The summed E-state index contributed by atoms with van der Waals surface area (Å²) in [6.45, 7) is 3.69. The van der Waals surface area contributed by atoms with Gasteiger partial charge in [-0.15, -0.1) is 0 Å². The third-order valence-corrected chi connectivity index (χ3v) is 12.5. The molecule has 0 spiro atoms. The average Bonchev–Trinajstić information content (AvgIpc) is 3.62. The van der Waals surface area contributed by atoms with Gasteiger partial charge in [0.1, 0.15) is 5.52 Å². The number of likely N-dealkylation sites (tertiary alicyclic amines) is 1. The molecule has 10 rings (SSSR count). The first-order chi connectivity index (χ1) is 24.3. The Balaban J connectivity index is 1.25. The zero-order chi connectivity index (χ0) is 34.3. The van der Waals surface area contributed by atoms with Gasteiger partial charge in [-0.2, -0.15) is 14.0 Å². The number of nitrogens with zero attached hydrogens (tertiary/aromatic N) is 6. The molecule has 256 valence electrons. The van der Waals surface area contributed by atoms with Crippen molar-refractivity contribution in [2.45, 2.75) is 76.3 Å². The first-order valence-corrected chi connectivity index (χ1v) is 18.7. The Morgan fingerprint density at radius 1 is 1.22 bits per heavy atom. The fourth-order valence-electron chi connectivity index (χ4n) is 8.56. The fourth-order valence-corrected chi connectivity index (χ4v) is 9.37. The number of pyridine rings is 1. The lowest BCUT2D eigenvalue weighted by molar-refractivity contribution is -0.134. The fraction of sp³-hybridized carbons (Fsp3) is 0.432. The van der Waals surface area contributed by atoms with Crippen LogP contribution in [0.25, 0.3) is 32.9 Å². The van der Waals surface area contributed by atoms with E-state index in [9.17, 15) is 10.1 Å². The Bertz CT molecular complexity index is 2200. The maximum absolute atomic E-state index is 17.1. The van der Waals surface area contributed by atoms with E-state index in [0.29, 0.717) is 64.7 Å². The molecule has 1 N–H and O–H groups in total. The molecular formula is C37H34Cl2FN7O2S. The van der Waals surface area contributed by atoms with E-state index in [1.165, 1.54) is 0 Å². The van der Waals surface area contributed by atoms with E-state index in [0.717, 1.165) is 59.8 Å². The van der Waals surface area contributed by atoms with Crippen molar-refractivity contribution in [2.24, 2.45) is 11.8 Å². The van der Waals surface area contributed by atoms with Gasteiger partial charge in [0.05, 0.1) is 70.0 Å². The van der Waals surface area contributed by atoms with Crippen LogP contribution in [0.1, 0.15) is 66.8 Å². The number of amides is 1. The monoisotopic (exact) mass is 729 g/mol. The second-order valence-corrected chi connectivity index (χ2v) is 15.5. The molecule has 3 aliphatic heterocycles. The van der Waals surface area contributed by atoms with E-state index in [1.807, 2.05) is 17.9 Å². The maximum Gasteiger partial charge on any atom is 0.226 e. The second kappa shape index (κ2) is 12.5. The minimum atomic E-state index is -0.481. The Hall–Kier alpha value is -3.66. The van der Waals surface area contributed by atoms with Crippen LogP contribution in [0.15, 0.2) is 36.5 Å². The molecule has 13 heteroatoms. The van der Waals surface area contributed by atoms with Gasteiger partial charge in [0.15, 0.2) is 5.82 Å². The number of carbonyl (C=O) groups excluding carboxylic acids is 1. The highest BCUT2D eigenvalue weighted by Crippen LogP contribution is 2.51. The van der Waals surface area contributed by atoms with Crippen molar-refractivity contribution in [1.29, 1.82) is 5.26 Å². The van der Waals surface area contributed by atoms with Crippen molar-refractivity contribution < 1.29 is 13.9 Å². The summed E-state index contributed by atoms with van der Waals surface area (Å²) in [5.74, 6) is 0.167. The van der Waals surface area contributed by atoms with Gasteiger partial charge >= 0.3 is 0 Å². The van der Waals surface area contributed by atoms with E-state index in [-0.39, 0.29) is 53.0 Å². The van der Waals surface area contributed by atoms with Crippen LogP contribution in [0.2, 0.25) is 10.0 Å². The van der Waals surface area contributed by atoms with Gasteiger partial charge in [-0.05, 0) is 62.3 Å². The molecule has 9 nitrogen and oxygen atoms in total. The van der Waals surface area contributed by atoms with Gasteiger partial charge in [0.2, 0.25) is 5.91 Å². The molecule has 5 aromatic rings. The normalized spacial score (nSPS) is 24.3. The minimum Gasteiger partial charge on any atom is -0.370 e. The molecule has 6 heterocycles. The summed E-state index contributed by atoms with van der Waals surface area (Å²) in [6.07, 6.45) is 5.64. The van der Waals surface area contributed by atoms with E-state index < -0.39 is 5.82 Å². The number of aryl methyl sites for hydroxylation is 2. The molecule has 5 aliphatic rings. The first-order valence-electron chi connectivity index (χ1n) is 17.2. The van der Waals surface area contributed by atoms with Crippen molar-refractivity contribution in [3.05, 3.63) is 75.0 Å². The van der Waals surface area contributed by atoms with Gasteiger partial charge in [0, 0.05) is 71.2 Å². The number of nitrogens with one attached hydrogen (secondary N) is 1. The predicted molar refractivity (Wildman–Crippen MR) is 191 cm³/mol. The molecule has 50 heavy (non-hydrogen) atoms. The van der Waals surface area contributed by atoms with Gasteiger partial charge < -0.3 is 19.5 Å². The van der Waals surface area contributed by atoms with Crippen molar-refractivity contribution in [3.8, 4) is 17.2 Å². The third-order valence-electron chi connectivity index (χ3n) is 11.1. The molecule has 3 aromatic heterocycles. The standard InChI is InChI=1S/C37H34Cl2FN7O2S/c1-18-25-13-30(29-12-23(49-17-22-15-43-50-45-22)16-46(29)37(48)19-7-8-19)47(35-21-11-28(35)42-14-21)36(25)26-10-20(4-3-9-41)31(33(40)34(26)44-18)24-5-2-6-27(38)32(24)39/h2,5-6,10,13,15,19,21,23,28-29,35,42H,3-4,7-8,11-12,14,16-17H2,1H3/t21-,23+,28-,29-,35+/m1/s1. The number of halogens is 3. The van der Waals surface area contributed by atoms with Crippen molar-refractivity contribution in [2.75, 3.05) is 13.1 Å². The van der Waals surface area contributed by atoms with E-state index >= 15 is 4.39 Å². The summed E-state index contributed by atoms with van der Waals surface area (Å²) in [5, 5.41) is 15.5. The summed E-state index contributed by atoms with van der Waals surface area (Å²) in [7, 11) is 0. The number of aromatic nitrogens is 4. The van der Waals surface area contributed by atoms with Crippen LogP contribution in [0.5, 0.6) is 0 Å². The molecule has 2 aliphatic carbocycles. The predicted octanol–water partition coefficient (Wildman–Crippen LogP) is 7.72. The van der Waals surface area contributed by atoms with E-state index in [4.69, 9.17) is 32.9 Å². The van der Waals surface area contributed by atoms with Crippen LogP contribution in [0, 0.1) is 35.9 Å². The highest BCUT2D eigenvalue weighted by atomic mass is 35.5. The van der Waals surface area contributed by atoms with Crippen LogP contribution in [0.3, 0.4) is 0 Å². The van der Waals surface area contributed by atoms with E-state index in [1.54, 1.807) is 24.4 Å². The lowest BCUT2D eigenvalue weighted by atomic mass is 9.79. The molecule has 2 aromatic carbocycles. The van der Waals surface area contributed by atoms with Crippen molar-refractivity contribution >= 4 is 62.6 Å². The van der Waals surface area contributed by atoms with Crippen LogP contribution < -0.4 is 5.32 Å². The molecule has 5 fully saturated rings. The minimum absolute atomic E-state index is 0.0520. The van der Waals surface area contributed by atoms with Gasteiger partial charge in [0.25, 0.3) is 0 Å². The molecule has 2 bridgehead atoms. The topological polar surface area (TPSA) is 109 Å².